The van der Waals surface area contributed by atoms with E-state index in [2.05, 4.69) is 5.32 Å². The maximum absolute atomic E-state index is 10.9. The molecule has 4 N–H and O–H groups in total. The summed E-state index contributed by atoms with van der Waals surface area (Å²) in [6.45, 7) is 3.26. The van der Waals surface area contributed by atoms with Crippen molar-refractivity contribution >= 4 is 11.9 Å². The fourth-order valence-corrected chi connectivity index (χ4v) is 1.89. The van der Waals surface area contributed by atoms with E-state index in [0.717, 1.165) is 0 Å². The quantitative estimate of drug-likeness (QED) is 0.611. The van der Waals surface area contributed by atoms with E-state index in [1.165, 1.54) is 25.1 Å². The summed E-state index contributed by atoms with van der Waals surface area (Å²) in [5.41, 5.74) is 1.12. The minimum absolute atomic E-state index is 0.161. The first kappa shape index (κ1) is 16.1. The lowest BCUT2D eigenvalue weighted by Crippen LogP contribution is -2.27. The van der Waals surface area contributed by atoms with Crippen molar-refractivity contribution in [1.29, 1.82) is 0 Å². The molecule has 2 atom stereocenters. The smallest absolute Gasteiger partial charge is 0.335 e. The summed E-state index contributed by atoms with van der Waals surface area (Å²) in [6.07, 6.45) is -1.94. The van der Waals surface area contributed by atoms with E-state index in [0.29, 0.717) is 11.1 Å². The van der Waals surface area contributed by atoms with Crippen molar-refractivity contribution in [2.75, 3.05) is 6.54 Å². The van der Waals surface area contributed by atoms with Gasteiger partial charge in [0.1, 0.15) is 6.10 Å². The molecule has 0 aliphatic rings. The highest BCUT2D eigenvalue weighted by Crippen LogP contribution is 2.21. The van der Waals surface area contributed by atoms with Gasteiger partial charge in [0.25, 0.3) is 0 Å². The van der Waals surface area contributed by atoms with E-state index in [1.54, 1.807) is 6.92 Å². The summed E-state index contributed by atoms with van der Waals surface area (Å²) >= 11 is 0. The molecule has 0 aliphatic carbocycles. The summed E-state index contributed by atoms with van der Waals surface area (Å²) in [5, 5.41) is 31.3. The molecule has 0 saturated heterocycles. The second-order valence-corrected chi connectivity index (χ2v) is 4.66. The van der Waals surface area contributed by atoms with E-state index in [1.807, 2.05) is 0 Å². The summed E-state index contributed by atoms with van der Waals surface area (Å²) in [4.78, 5) is 21.6. The fraction of sp³-hybridized carbons (Fsp3) is 0.429. The molecule has 1 aromatic rings. The molecule has 1 rings (SSSR count). The summed E-state index contributed by atoms with van der Waals surface area (Å²) in [7, 11) is 0. The van der Waals surface area contributed by atoms with E-state index < -0.39 is 18.2 Å². The number of carboxylic acids is 1. The lowest BCUT2D eigenvalue weighted by molar-refractivity contribution is -0.119. The van der Waals surface area contributed by atoms with Crippen LogP contribution in [0.2, 0.25) is 0 Å². The Bertz CT molecular complexity index is 500. The third-order valence-corrected chi connectivity index (χ3v) is 3.00. The van der Waals surface area contributed by atoms with Crippen molar-refractivity contribution in [2.45, 2.75) is 32.5 Å². The van der Waals surface area contributed by atoms with Gasteiger partial charge in [-0.05, 0) is 30.5 Å². The van der Waals surface area contributed by atoms with Gasteiger partial charge in [-0.2, -0.15) is 0 Å². The molecule has 0 aliphatic heterocycles. The maximum Gasteiger partial charge on any atom is 0.335 e. The number of rotatable bonds is 6. The standard InChI is InChI=1S/C14H19NO5/c1-8-7-10(3-4-11(8)14(19)20)13(18)12(17)5-6-15-9(2)16/h3-4,7,12-13,17-18H,5-6H2,1-2H3,(H,15,16)(H,19,20). The largest absolute Gasteiger partial charge is 0.478 e. The average molecular weight is 281 g/mol. The highest BCUT2D eigenvalue weighted by molar-refractivity contribution is 5.89. The van der Waals surface area contributed by atoms with Crippen LogP contribution in [-0.2, 0) is 4.79 Å². The van der Waals surface area contributed by atoms with E-state index in [4.69, 9.17) is 5.11 Å². The second kappa shape index (κ2) is 7.02. The van der Waals surface area contributed by atoms with Crippen molar-refractivity contribution in [3.8, 4) is 0 Å². The van der Waals surface area contributed by atoms with Gasteiger partial charge < -0.3 is 20.6 Å². The minimum atomic E-state index is -1.12. The number of aliphatic hydroxyl groups excluding tert-OH is 2. The Kier molecular flexibility index (Phi) is 5.66. The van der Waals surface area contributed by atoms with Crippen LogP contribution in [0.4, 0.5) is 0 Å². The molecule has 0 radical (unpaired) electrons. The molecule has 0 heterocycles. The van der Waals surface area contributed by atoms with Crippen LogP contribution in [0.5, 0.6) is 0 Å². The molecule has 6 nitrogen and oxygen atoms in total. The Balaban J connectivity index is 2.71. The zero-order chi connectivity index (χ0) is 15.3. The molecule has 0 saturated carbocycles. The highest BCUT2D eigenvalue weighted by Gasteiger charge is 2.19. The summed E-state index contributed by atoms with van der Waals surface area (Å²) in [5.74, 6) is -1.23. The van der Waals surface area contributed by atoms with Crippen molar-refractivity contribution in [1.82, 2.24) is 5.32 Å². The molecule has 6 heteroatoms. The number of aryl methyl sites for hydroxylation is 1. The number of amides is 1. The fourth-order valence-electron chi connectivity index (χ4n) is 1.89. The van der Waals surface area contributed by atoms with Gasteiger partial charge >= 0.3 is 5.97 Å². The van der Waals surface area contributed by atoms with Gasteiger partial charge in [0, 0.05) is 13.5 Å². The number of carbonyl (C=O) groups excluding carboxylic acids is 1. The van der Waals surface area contributed by atoms with Crippen molar-refractivity contribution in [3.05, 3.63) is 34.9 Å². The number of nitrogens with one attached hydrogen (secondary N) is 1. The molecule has 110 valence electrons. The molecule has 1 amide bonds. The highest BCUT2D eigenvalue weighted by atomic mass is 16.4. The molecule has 1 aromatic carbocycles. The molecular formula is C14H19NO5. The lowest BCUT2D eigenvalue weighted by Gasteiger charge is -2.19. The first-order valence-corrected chi connectivity index (χ1v) is 6.27. The number of aliphatic hydroxyl groups is 2. The van der Waals surface area contributed by atoms with Gasteiger partial charge in [-0.25, -0.2) is 4.79 Å². The van der Waals surface area contributed by atoms with Crippen molar-refractivity contribution in [2.24, 2.45) is 0 Å². The monoisotopic (exact) mass is 281 g/mol. The van der Waals surface area contributed by atoms with Crippen molar-refractivity contribution in [3.63, 3.8) is 0 Å². The summed E-state index contributed by atoms with van der Waals surface area (Å²) in [6, 6.07) is 4.41. The third-order valence-electron chi connectivity index (χ3n) is 3.00. The number of aromatic carboxylic acids is 1. The van der Waals surface area contributed by atoms with Gasteiger partial charge in [0.05, 0.1) is 11.7 Å². The Hall–Kier alpha value is -1.92. The first-order chi connectivity index (χ1) is 9.32. The van der Waals surface area contributed by atoms with Crippen LogP contribution in [0.1, 0.15) is 40.9 Å². The average Bonchev–Trinajstić information content (AvgIpc) is 2.36. The van der Waals surface area contributed by atoms with Gasteiger partial charge in [0.2, 0.25) is 5.91 Å². The van der Waals surface area contributed by atoms with Crippen LogP contribution in [0.3, 0.4) is 0 Å². The van der Waals surface area contributed by atoms with Crippen LogP contribution in [0.25, 0.3) is 0 Å². The Morgan fingerprint density at radius 2 is 1.95 bits per heavy atom. The van der Waals surface area contributed by atoms with Gasteiger partial charge in [-0.15, -0.1) is 0 Å². The van der Waals surface area contributed by atoms with Crippen LogP contribution in [-0.4, -0.2) is 39.8 Å². The Morgan fingerprint density at radius 3 is 2.45 bits per heavy atom. The zero-order valence-electron chi connectivity index (χ0n) is 11.5. The molecular weight excluding hydrogens is 262 g/mol. The molecule has 2 unspecified atom stereocenters. The molecule has 20 heavy (non-hydrogen) atoms. The molecule has 0 spiro atoms. The van der Waals surface area contributed by atoms with Gasteiger partial charge in [-0.3, -0.25) is 4.79 Å². The predicted molar refractivity (Wildman–Crippen MR) is 72.4 cm³/mol. The van der Waals surface area contributed by atoms with Crippen LogP contribution in [0, 0.1) is 6.92 Å². The Labute approximate surface area is 117 Å². The predicted octanol–water partition coefficient (Wildman–Crippen LogP) is 0.614. The molecule has 0 bridgehead atoms. The van der Waals surface area contributed by atoms with E-state index in [-0.39, 0.29) is 24.4 Å². The number of carboxylic acid groups (broad SMARTS) is 1. The zero-order valence-corrected chi connectivity index (χ0v) is 11.5. The number of hydrogen-bond acceptors (Lipinski definition) is 4. The Morgan fingerprint density at radius 1 is 1.30 bits per heavy atom. The molecule has 0 fully saturated rings. The number of hydrogen-bond donors (Lipinski definition) is 4. The normalized spacial score (nSPS) is 13.6. The third kappa shape index (κ3) is 4.32. The van der Waals surface area contributed by atoms with Crippen LogP contribution in [0.15, 0.2) is 18.2 Å². The van der Waals surface area contributed by atoms with Gasteiger partial charge in [0.15, 0.2) is 0 Å². The maximum atomic E-state index is 10.9. The summed E-state index contributed by atoms with van der Waals surface area (Å²) < 4.78 is 0. The topological polar surface area (TPSA) is 107 Å². The van der Waals surface area contributed by atoms with Crippen LogP contribution >= 0.6 is 0 Å². The minimum Gasteiger partial charge on any atom is -0.478 e. The number of carbonyl (C=O) groups is 2. The first-order valence-electron chi connectivity index (χ1n) is 6.27. The van der Waals surface area contributed by atoms with E-state index >= 15 is 0 Å². The van der Waals surface area contributed by atoms with Gasteiger partial charge in [-0.1, -0.05) is 12.1 Å². The van der Waals surface area contributed by atoms with E-state index in [9.17, 15) is 19.8 Å². The number of benzene rings is 1. The SMILES string of the molecule is CC(=O)NCCC(O)C(O)c1ccc(C(=O)O)c(C)c1. The molecule has 0 aromatic heterocycles. The van der Waals surface area contributed by atoms with Crippen molar-refractivity contribution < 1.29 is 24.9 Å². The second-order valence-electron chi connectivity index (χ2n) is 4.66. The lowest BCUT2D eigenvalue weighted by atomic mass is 9.98. The van der Waals surface area contributed by atoms with Crippen LogP contribution < -0.4 is 5.32 Å².